The Hall–Kier alpha value is -2.33. The summed E-state index contributed by atoms with van der Waals surface area (Å²) in [6.45, 7) is 6.81. The highest BCUT2D eigenvalue weighted by Crippen LogP contribution is 2.38. The van der Waals surface area contributed by atoms with Crippen molar-refractivity contribution in [3.8, 4) is 0 Å². The zero-order valence-electron chi connectivity index (χ0n) is 21.2. The van der Waals surface area contributed by atoms with E-state index in [-0.39, 0.29) is 18.3 Å². The van der Waals surface area contributed by atoms with Crippen LogP contribution in [-0.4, -0.2) is 48.4 Å². The zero-order chi connectivity index (χ0) is 25.8. The van der Waals surface area contributed by atoms with E-state index in [2.05, 4.69) is 45.0 Å². The van der Waals surface area contributed by atoms with Crippen molar-refractivity contribution in [2.24, 2.45) is 0 Å². The highest BCUT2D eigenvalue weighted by atomic mass is 32.2. The van der Waals surface area contributed by atoms with Crippen LogP contribution in [0.25, 0.3) is 0 Å². The number of hydrogen-bond acceptors (Lipinski definition) is 6. The monoisotopic (exact) mass is 526 g/mol. The maximum Gasteiger partial charge on any atom is 0.264 e. The van der Waals surface area contributed by atoms with E-state index >= 15 is 0 Å². The van der Waals surface area contributed by atoms with Gasteiger partial charge in [0.05, 0.1) is 19.5 Å². The summed E-state index contributed by atoms with van der Waals surface area (Å²) >= 11 is 0. The SMILES string of the molecule is CC(C)(C)[Si](OC[C@@H]1OC(c2ccccc2)OC[C@H]1OS(C)(=O)=O)(c1ccccc1)c1ccccc1. The van der Waals surface area contributed by atoms with Gasteiger partial charge in [0, 0.05) is 5.56 Å². The van der Waals surface area contributed by atoms with Gasteiger partial charge in [-0.2, -0.15) is 8.42 Å². The summed E-state index contributed by atoms with van der Waals surface area (Å²) < 4.78 is 48.6. The lowest BCUT2D eigenvalue weighted by molar-refractivity contribution is -0.256. The Morgan fingerprint density at radius 3 is 1.83 bits per heavy atom. The Balaban J connectivity index is 1.71. The summed E-state index contributed by atoms with van der Waals surface area (Å²) in [5.74, 6) is 0. The van der Waals surface area contributed by atoms with Gasteiger partial charge in [-0.05, 0) is 15.4 Å². The maximum absolute atomic E-state index is 12.0. The minimum absolute atomic E-state index is 0.0708. The Morgan fingerprint density at radius 1 is 0.861 bits per heavy atom. The van der Waals surface area contributed by atoms with Crippen LogP contribution in [0.4, 0.5) is 0 Å². The first-order valence-corrected chi connectivity index (χ1v) is 15.8. The molecule has 0 aromatic heterocycles. The molecule has 192 valence electrons. The zero-order valence-corrected chi connectivity index (χ0v) is 23.0. The number of rotatable bonds is 8. The molecule has 1 aliphatic rings. The molecule has 0 N–H and O–H groups in total. The molecule has 3 atom stereocenters. The van der Waals surface area contributed by atoms with Crippen LogP contribution in [0.15, 0.2) is 91.0 Å². The van der Waals surface area contributed by atoms with Crippen molar-refractivity contribution in [1.82, 2.24) is 0 Å². The van der Waals surface area contributed by atoms with Crippen molar-refractivity contribution >= 4 is 28.8 Å². The van der Waals surface area contributed by atoms with E-state index in [0.29, 0.717) is 0 Å². The van der Waals surface area contributed by atoms with Crippen LogP contribution in [-0.2, 0) is 28.2 Å². The van der Waals surface area contributed by atoms with E-state index in [0.717, 1.165) is 22.2 Å². The molecule has 1 heterocycles. The highest BCUT2D eigenvalue weighted by Gasteiger charge is 2.51. The second kappa shape index (κ2) is 11.0. The van der Waals surface area contributed by atoms with Gasteiger partial charge in [0.1, 0.15) is 12.2 Å². The number of hydrogen-bond donors (Lipinski definition) is 0. The largest absolute Gasteiger partial charge is 0.405 e. The van der Waals surface area contributed by atoms with Crippen molar-refractivity contribution in [1.29, 1.82) is 0 Å². The third-order valence-corrected chi connectivity index (χ3v) is 12.0. The molecular weight excluding hydrogens is 492 g/mol. The smallest absolute Gasteiger partial charge is 0.264 e. The maximum atomic E-state index is 12.0. The lowest BCUT2D eigenvalue weighted by Crippen LogP contribution is -2.67. The van der Waals surface area contributed by atoms with Gasteiger partial charge in [-0.25, -0.2) is 0 Å². The second-order valence-corrected chi connectivity index (χ2v) is 16.0. The fourth-order valence-corrected chi connectivity index (χ4v) is 9.99. The molecule has 36 heavy (non-hydrogen) atoms. The van der Waals surface area contributed by atoms with Crippen molar-refractivity contribution in [2.75, 3.05) is 19.5 Å². The quantitative estimate of drug-likeness (QED) is 0.326. The van der Waals surface area contributed by atoms with Crippen LogP contribution in [0, 0.1) is 0 Å². The molecule has 0 spiro atoms. The van der Waals surface area contributed by atoms with Gasteiger partial charge in [-0.15, -0.1) is 0 Å². The summed E-state index contributed by atoms with van der Waals surface area (Å²) in [5.41, 5.74) is 0.853. The van der Waals surface area contributed by atoms with Crippen LogP contribution < -0.4 is 10.4 Å². The molecule has 6 nitrogen and oxygen atoms in total. The molecule has 3 aromatic rings. The molecule has 1 saturated heterocycles. The predicted octanol–water partition coefficient (Wildman–Crippen LogP) is 4.02. The van der Waals surface area contributed by atoms with Crippen molar-refractivity contribution in [3.63, 3.8) is 0 Å². The average Bonchev–Trinajstić information content (AvgIpc) is 2.85. The van der Waals surface area contributed by atoms with Crippen molar-refractivity contribution < 1.29 is 26.5 Å². The normalized spacial score (nSPS) is 21.3. The van der Waals surface area contributed by atoms with Gasteiger partial charge in [0.2, 0.25) is 0 Å². The molecule has 4 rings (SSSR count). The van der Waals surface area contributed by atoms with Gasteiger partial charge < -0.3 is 13.9 Å². The van der Waals surface area contributed by atoms with E-state index in [4.69, 9.17) is 18.1 Å². The Labute approximate surface area is 215 Å². The summed E-state index contributed by atoms with van der Waals surface area (Å²) in [5, 5.41) is 2.04. The third kappa shape index (κ3) is 5.96. The molecule has 8 heteroatoms. The molecule has 0 amide bonds. The first kappa shape index (κ1) is 26.7. The summed E-state index contributed by atoms with van der Waals surface area (Å²) in [7, 11) is -6.58. The first-order chi connectivity index (χ1) is 17.1. The topological polar surface area (TPSA) is 71.1 Å². The highest BCUT2D eigenvalue weighted by molar-refractivity contribution is 7.86. The van der Waals surface area contributed by atoms with Crippen molar-refractivity contribution in [2.45, 2.75) is 44.3 Å². The molecular formula is C28H34O6SSi. The van der Waals surface area contributed by atoms with E-state index in [1.807, 2.05) is 66.7 Å². The molecule has 0 aliphatic carbocycles. The molecule has 1 aliphatic heterocycles. The molecule has 0 bridgehead atoms. The predicted molar refractivity (Wildman–Crippen MR) is 143 cm³/mol. The standard InChI is InChI=1S/C28H34O6SSi/c1-28(2,3)36(23-16-10-6-11-17-23,24-18-12-7-13-19-24)32-21-25-26(34-35(4,29)30)20-31-27(33-25)22-14-8-5-9-15-22/h5-19,25-27H,20-21H2,1-4H3/t25-,26+,27?/m0/s1. The van der Waals surface area contributed by atoms with Crippen LogP contribution in [0.1, 0.15) is 32.6 Å². The van der Waals surface area contributed by atoms with E-state index in [9.17, 15) is 8.42 Å². The minimum atomic E-state index is -3.73. The minimum Gasteiger partial charge on any atom is -0.405 e. The lowest BCUT2D eigenvalue weighted by Gasteiger charge is -2.45. The fraction of sp³-hybridized carbons (Fsp3) is 0.357. The number of benzene rings is 3. The molecule has 1 unspecified atom stereocenters. The Kier molecular flexibility index (Phi) is 8.14. The van der Waals surface area contributed by atoms with Gasteiger partial charge in [-0.3, -0.25) is 4.18 Å². The fourth-order valence-electron chi connectivity index (χ4n) is 4.79. The third-order valence-electron chi connectivity index (χ3n) is 6.38. The van der Waals surface area contributed by atoms with Crippen LogP contribution in [0.3, 0.4) is 0 Å². The van der Waals surface area contributed by atoms with Crippen LogP contribution in [0.5, 0.6) is 0 Å². The van der Waals surface area contributed by atoms with Gasteiger partial charge in [-0.1, -0.05) is 112 Å². The Bertz CT molecular complexity index is 1170. The molecule has 1 fully saturated rings. The first-order valence-electron chi connectivity index (χ1n) is 12.1. The number of ether oxygens (including phenoxy) is 2. The summed E-state index contributed by atoms with van der Waals surface area (Å²) in [6.07, 6.45) is -1.08. The summed E-state index contributed by atoms with van der Waals surface area (Å²) in [4.78, 5) is 0. The average molecular weight is 527 g/mol. The lowest BCUT2D eigenvalue weighted by atomic mass is 10.1. The van der Waals surface area contributed by atoms with Gasteiger partial charge >= 0.3 is 0 Å². The van der Waals surface area contributed by atoms with Gasteiger partial charge in [0.25, 0.3) is 18.4 Å². The van der Waals surface area contributed by atoms with E-state index < -0.39 is 36.9 Å². The summed E-state index contributed by atoms with van der Waals surface area (Å²) in [6, 6.07) is 30.2. The van der Waals surface area contributed by atoms with E-state index in [1.165, 1.54) is 0 Å². The van der Waals surface area contributed by atoms with Crippen LogP contribution in [0.2, 0.25) is 5.04 Å². The molecule has 3 aromatic carbocycles. The molecule has 0 radical (unpaired) electrons. The van der Waals surface area contributed by atoms with Crippen LogP contribution >= 0.6 is 0 Å². The molecule has 0 saturated carbocycles. The van der Waals surface area contributed by atoms with Gasteiger partial charge in [0.15, 0.2) is 6.29 Å². The second-order valence-electron chi connectivity index (χ2n) is 10.1. The van der Waals surface area contributed by atoms with Crippen molar-refractivity contribution in [3.05, 3.63) is 96.6 Å². The Morgan fingerprint density at radius 2 is 1.36 bits per heavy atom. The van der Waals surface area contributed by atoms with E-state index in [1.54, 1.807) is 0 Å².